The van der Waals surface area contributed by atoms with E-state index in [-0.39, 0.29) is 11.8 Å². The number of carboxylic acids is 1. The van der Waals surface area contributed by atoms with Crippen LogP contribution in [0.2, 0.25) is 0 Å². The van der Waals surface area contributed by atoms with Crippen LogP contribution < -0.4 is 5.32 Å². The molecule has 1 saturated carbocycles. The molecule has 1 amide bonds. The van der Waals surface area contributed by atoms with E-state index in [9.17, 15) is 9.59 Å². The average Bonchev–Trinajstić information content (AvgIpc) is 3.10. The Morgan fingerprint density at radius 3 is 2.69 bits per heavy atom. The van der Waals surface area contributed by atoms with Gasteiger partial charge in [0.15, 0.2) is 0 Å². The molecule has 1 saturated heterocycles. The number of carboxylic acid groups (broad SMARTS) is 1. The third-order valence-corrected chi connectivity index (χ3v) is 3.24. The Bertz CT molecular complexity index is 289. The van der Waals surface area contributed by atoms with Crippen molar-refractivity contribution in [2.24, 2.45) is 5.92 Å². The topological polar surface area (TPSA) is 69.6 Å². The molecule has 5 heteroatoms. The van der Waals surface area contributed by atoms with Crippen molar-refractivity contribution in [3.05, 3.63) is 0 Å². The number of nitrogens with one attached hydrogen (secondary N) is 1. The number of nitrogens with zero attached hydrogens (tertiary/aromatic N) is 1. The maximum atomic E-state index is 11.8. The van der Waals surface area contributed by atoms with Gasteiger partial charge in [0, 0.05) is 19.1 Å². The van der Waals surface area contributed by atoms with Crippen LogP contribution in [0.25, 0.3) is 0 Å². The molecule has 5 nitrogen and oxygen atoms in total. The van der Waals surface area contributed by atoms with Crippen molar-refractivity contribution in [2.45, 2.75) is 31.7 Å². The highest BCUT2D eigenvalue weighted by molar-refractivity contribution is 5.79. The van der Waals surface area contributed by atoms with Crippen LogP contribution in [0.5, 0.6) is 0 Å². The Morgan fingerprint density at radius 2 is 2.06 bits per heavy atom. The molecular formula is C11H18N2O3. The van der Waals surface area contributed by atoms with Gasteiger partial charge in [-0.25, -0.2) is 0 Å². The second-order valence-corrected chi connectivity index (χ2v) is 4.67. The molecule has 0 aromatic heterocycles. The Morgan fingerprint density at radius 1 is 1.31 bits per heavy atom. The molecule has 0 aromatic rings. The Kier molecular flexibility index (Phi) is 3.43. The SMILES string of the molecule is O=C(O)[C@@H]1CCCN(C(=O)CNC2CC2)C1. The molecule has 0 bridgehead atoms. The summed E-state index contributed by atoms with van der Waals surface area (Å²) in [6.45, 7) is 1.44. The van der Waals surface area contributed by atoms with Crippen molar-refractivity contribution in [3.63, 3.8) is 0 Å². The van der Waals surface area contributed by atoms with Gasteiger partial charge < -0.3 is 15.3 Å². The molecule has 90 valence electrons. The monoisotopic (exact) mass is 226 g/mol. The summed E-state index contributed by atoms with van der Waals surface area (Å²) in [6.07, 6.45) is 3.80. The molecule has 2 fully saturated rings. The first-order valence-electron chi connectivity index (χ1n) is 5.91. The smallest absolute Gasteiger partial charge is 0.308 e. The summed E-state index contributed by atoms with van der Waals surface area (Å²) >= 11 is 0. The number of rotatable bonds is 4. The fraction of sp³-hybridized carbons (Fsp3) is 0.818. The maximum absolute atomic E-state index is 11.8. The third kappa shape index (κ3) is 2.95. The van der Waals surface area contributed by atoms with Crippen molar-refractivity contribution in [1.82, 2.24) is 10.2 Å². The minimum absolute atomic E-state index is 0.0397. The first kappa shape index (κ1) is 11.4. The molecule has 0 aromatic carbocycles. The van der Waals surface area contributed by atoms with Gasteiger partial charge in [-0.15, -0.1) is 0 Å². The maximum Gasteiger partial charge on any atom is 0.308 e. The van der Waals surface area contributed by atoms with E-state index >= 15 is 0 Å². The standard InChI is InChI=1S/C11H18N2O3/c14-10(6-12-9-3-4-9)13-5-1-2-8(7-13)11(15)16/h8-9,12H,1-7H2,(H,15,16)/t8-/m1/s1. The van der Waals surface area contributed by atoms with Gasteiger partial charge in [-0.05, 0) is 25.7 Å². The van der Waals surface area contributed by atoms with Crippen LogP contribution in [0.4, 0.5) is 0 Å². The summed E-state index contributed by atoms with van der Waals surface area (Å²) < 4.78 is 0. The molecule has 2 aliphatic rings. The van der Waals surface area contributed by atoms with Crippen LogP contribution in [-0.2, 0) is 9.59 Å². The minimum atomic E-state index is -0.785. The van der Waals surface area contributed by atoms with Crippen molar-refractivity contribution < 1.29 is 14.7 Å². The number of aliphatic carboxylic acids is 1. The number of amides is 1. The van der Waals surface area contributed by atoms with E-state index < -0.39 is 5.97 Å². The van der Waals surface area contributed by atoms with Gasteiger partial charge in [0.1, 0.15) is 0 Å². The number of likely N-dealkylation sites (tertiary alicyclic amines) is 1. The number of hydrogen-bond acceptors (Lipinski definition) is 3. The minimum Gasteiger partial charge on any atom is -0.481 e. The highest BCUT2D eigenvalue weighted by Crippen LogP contribution is 2.19. The number of hydrogen-bond donors (Lipinski definition) is 2. The molecule has 1 heterocycles. The van der Waals surface area contributed by atoms with Crippen LogP contribution in [0, 0.1) is 5.92 Å². The third-order valence-electron chi connectivity index (χ3n) is 3.24. The first-order chi connectivity index (χ1) is 7.66. The molecule has 0 unspecified atom stereocenters. The molecule has 1 aliphatic heterocycles. The van der Waals surface area contributed by atoms with E-state index in [1.165, 1.54) is 0 Å². The second-order valence-electron chi connectivity index (χ2n) is 4.67. The normalized spacial score (nSPS) is 25.5. The van der Waals surface area contributed by atoms with E-state index in [0.29, 0.717) is 32.1 Å². The van der Waals surface area contributed by atoms with Crippen LogP contribution in [0.3, 0.4) is 0 Å². The van der Waals surface area contributed by atoms with E-state index in [4.69, 9.17) is 5.11 Å². The zero-order valence-corrected chi connectivity index (χ0v) is 9.32. The number of carbonyl (C=O) groups excluding carboxylic acids is 1. The summed E-state index contributed by atoms with van der Waals surface area (Å²) in [5, 5.41) is 12.1. The van der Waals surface area contributed by atoms with Crippen molar-refractivity contribution in [2.75, 3.05) is 19.6 Å². The van der Waals surface area contributed by atoms with Crippen molar-refractivity contribution in [3.8, 4) is 0 Å². The van der Waals surface area contributed by atoms with Gasteiger partial charge in [-0.2, -0.15) is 0 Å². The van der Waals surface area contributed by atoms with Gasteiger partial charge in [0.05, 0.1) is 12.5 Å². The van der Waals surface area contributed by atoms with Crippen LogP contribution in [0.1, 0.15) is 25.7 Å². The average molecular weight is 226 g/mol. The lowest BCUT2D eigenvalue weighted by atomic mass is 9.98. The molecular weight excluding hydrogens is 208 g/mol. The van der Waals surface area contributed by atoms with Gasteiger partial charge >= 0.3 is 5.97 Å². The predicted octanol–water partition coefficient (Wildman–Crippen LogP) is 0.0616. The summed E-state index contributed by atoms with van der Waals surface area (Å²) in [5.74, 6) is -1.12. The molecule has 1 aliphatic carbocycles. The summed E-state index contributed by atoms with van der Waals surface area (Å²) in [4.78, 5) is 24.3. The largest absolute Gasteiger partial charge is 0.481 e. The number of carbonyl (C=O) groups is 2. The van der Waals surface area contributed by atoms with Crippen molar-refractivity contribution >= 4 is 11.9 Å². The highest BCUT2D eigenvalue weighted by Gasteiger charge is 2.29. The molecule has 0 spiro atoms. The van der Waals surface area contributed by atoms with Crippen molar-refractivity contribution in [1.29, 1.82) is 0 Å². The fourth-order valence-electron chi connectivity index (χ4n) is 2.04. The lowest BCUT2D eigenvalue weighted by Crippen LogP contribution is -2.46. The van der Waals surface area contributed by atoms with Gasteiger partial charge in [-0.1, -0.05) is 0 Å². The second kappa shape index (κ2) is 4.82. The van der Waals surface area contributed by atoms with Gasteiger partial charge in [0.25, 0.3) is 0 Å². The molecule has 2 rings (SSSR count). The van der Waals surface area contributed by atoms with Crippen LogP contribution in [0.15, 0.2) is 0 Å². The predicted molar refractivity (Wildman–Crippen MR) is 58.0 cm³/mol. The van der Waals surface area contributed by atoms with Crippen LogP contribution in [-0.4, -0.2) is 47.6 Å². The quantitative estimate of drug-likeness (QED) is 0.711. The van der Waals surface area contributed by atoms with E-state index in [2.05, 4.69) is 5.32 Å². The van der Waals surface area contributed by atoms with E-state index in [1.54, 1.807) is 4.90 Å². The molecule has 16 heavy (non-hydrogen) atoms. The fourth-order valence-corrected chi connectivity index (χ4v) is 2.04. The lowest BCUT2D eigenvalue weighted by Gasteiger charge is -2.30. The summed E-state index contributed by atoms with van der Waals surface area (Å²) in [5.41, 5.74) is 0. The van der Waals surface area contributed by atoms with Crippen LogP contribution >= 0.6 is 0 Å². The Labute approximate surface area is 94.8 Å². The zero-order chi connectivity index (χ0) is 11.5. The summed E-state index contributed by atoms with van der Waals surface area (Å²) in [6, 6.07) is 0.518. The van der Waals surface area contributed by atoms with Gasteiger partial charge in [0.2, 0.25) is 5.91 Å². The molecule has 2 N–H and O–H groups in total. The lowest BCUT2D eigenvalue weighted by molar-refractivity contribution is -0.145. The Hall–Kier alpha value is -1.10. The van der Waals surface area contributed by atoms with E-state index in [0.717, 1.165) is 19.3 Å². The van der Waals surface area contributed by atoms with E-state index in [1.807, 2.05) is 0 Å². The van der Waals surface area contributed by atoms with Gasteiger partial charge in [-0.3, -0.25) is 9.59 Å². The summed E-state index contributed by atoms with van der Waals surface area (Å²) in [7, 11) is 0. The molecule has 1 atom stereocenters. The zero-order valence-electron chi connectivity index (χ0n) is 9.32. The highest BCUT2D eigenvalue weighted by atomic mass is 16.4. The molecule has 0 radical (unpaired) electrons. The number of piperidine rings is 1. The Balaban J connectivity index is 1.78. The first-order valence-corrected chi connectivity index (χ1v) is 5.91.